The smallest absolute Gasteiger partial charge is 0.134 e. The standard InChI is InChI=1S/C17H25NO/c1-3-5-6-10-15(18-12-4-2)17-13-14-9-7-8-11-16(14)19-17/h7-9,11,13,15,18H,3-6,10,12H2,1-2H3. The lowest BCUT2D eigenvalue weighted by molar-refractivity contribution is 0.399. The summed E-state index contributed by atoms with van der Waals surface area (Å²) in [6.45, 7) is 5.50. The first-order valence-electron chi connectivity index (χ1n) is 7.57. The highest BCUT2D eigenvalue weighted by Gasteiger charge is 2.15. The molecule has 0 amide bonds. The summed E-state index contributed by atoms with van der Waals surface area (Å²) >= 11 is 0. The van der Waals surface area contributed by atoms with Crippen molar-refractivity contribution in [3.8, 4) is 0 Å². The second kappa shape index (κ2) is 7.34. The molecule has 0 saturated heterocycles. The monoisotopic (exact) mass is 259 g/mol. The Morgan fingerprint density at radius 1 is 1.11 bits per heavy atom. The van der Waals surface area contributed by atoms with Gasteiger partial charge in [-0.05, 0) is 31.5 Å². The molecule has 0 saturated carbocycles. The minimum Gasteiger partial charge on any atom is -0.459 e. The van der Waals surface area contributed by atoms with Crippen molar-refractivity contribution >= 4 is 11.0 Å². The summed E-state index contributed by atoms with van der Waals surface area (Å²) < 4.78 is 6.00. The Morgan fingerprint density at radius 3 is 2.68 bits per heavy atom. The van der Waals surface area contributed by atoms with Gasteiger partial charge >= 0.3 is 0 Å². The lowest BCUT2D eigenvalue weighted by Gasteiger charge is -2.15. The van der Waals surface area contributed by atoms with E-state index in [-0.39, 0.29) is 0 Å². The third-order valence-electron chi connectivity index (χ3n) is 3.53. The Morgan fingerprint density at radius 2 is 1.95 bits per heavy atom. The summed E-state index contributed by atoms with van der Waals surface area (Å²) in [4.78, 5) is 0. The molecule has 0 aliphatic heterocycles. The number of furan rings is 1. The van der Waals surface area contributed by atoms with Gasteiger partial charge in [0, 0.05) is 5.39 Å². The van der Waals surface area contributed by atoms with Gasteiger partial charge in [-0.3, -0.25) is 0 Å². The number of fused-ring (bicyclic) bond motifs is 1. The van der Waals surface area contributed by atoms with Crippen molar-refractivity contribution in [3.05, 3.63) is 36.1 Å². The van der Waals surface area contributed by atoms with E-state index < -0.39 is 0 Å². The molecule has 1 atom stereocenters. The van der Waals surface area contributed by atoms with E-state index in [0.717, 1.165) is 30.7 Å². The van der Waals surface area contributed by atoms with Crippen LogP contribution < -0.4 is 5.32 Å². The molecule has 104 valence electrons. The third kappa shape index (κ3) is 3.84. The first-order valence-corrected chi connectivity index (χ1v) is 7.57. The maximum Gasteiger partial charge on any atom is 0.134 e. The van der Waals surface area contributed by atoms with Gasteiger partial charge in [-0.25, -0.2) is 0 Å². The van der Waals surface area contributed by atoms with E-state index >= 15 is 0 Å². The summed E-state index contributed by atoms with van der Waals surface area (Å²) in [5.74, 6) is 1.09. The highest BCUT2D eigenvalue weighted by atomic mass is 16.3. The molecule has 1 aromatic carbocycles. The zero-order chi connectivity index (χ0) is 13.5. The van der Waals surface area contributed by atoms with Crippen LogP contribution >= 0.6 is 0 Å². The fraction of sp³-hybridized carbons (Fsp3) is 0.529. The summed E-state index contributed by atoms with van der Waals surface area (Å²) in [6.07, 6.45) is 6.14. The van der Waals surface area contributed by atoms with Gasteiger partial charge in [0.05, 0.1) is 6.04 Å². The molecule has 0 aliphatic rings. The molecular weight excluding hydrogens is 234 g/mol. The van der Waals surface area contributed by atoms with Crippen LogP contribution in [0.25, 0.3) is 11.0 Å². The van der Waals surface area contributed by atoms with Gasteiger partial charge in [-0.15, -0.1) is 0 Å². The van der Waals surface area contributed by atoms with Crippen LogP contribution in [0.15, 0.2) is 34.7 Å². The van der Waals surface area contributed by atoms with Gasteiger partial charge in [0.2, 0.25) is 0 Å². The number of rotatable bonds is 8. The van der Waals surface area contributed by atoms with Crippen molar-refractivity contribution in [1.82, 2.24) is 5.32 Å². The largest absolute Gasteiger partial charge is 0.459 e. The lowest BCUT2D eigenvalue weighted by atomic mass is 10.1. The Bertz CT molecular complexity index is 456. The third-order valence-corrected chi connectivity index (χ3v) is 3.53. The highest BCUT2D eigenvalue weighted by Crippen LogP contribution is 2.27. The highest BCUT2D eigenvalue weighted by molar-refractivity contribution is 5.77. The number of hydrogen-bond donors (Lipinski definition) is 1. The summed E-state index contributed by atoms with van der Waals surface area (Å²) in [5.41, 5.74) is 0.997. The van der Waals surface area contributed by atoms with Crippen LogP contribution in [-0.2, 0) is 0 Å². The molecule has 0 bridgehead atoms. The molecular formula is C17H25NO. The molecule has 1 unspecified atom stereocenters. The molecule has 2 heteroatoms. The van der Waals surface area contributed by atoms with Crippen LogP contribution in [0.4, 0.5) is 0 Å². The van der Waals surface area contributed by atoms with Crippen LogP contribution in [0.2, 0.25) is 0 Å². The van der Waals surface area contributed by atoms with E-state index in [4.69, 9.17) is 4.42 Å². The molecule has 2 aromatic rings. The van der Waals surface area contributed by atoms with Gasteiger partial charge in [0.1, 0.15) is 11.3 Å². The van der Waals surface area contributed by atoms with E-state index in [1.54, 1.807) is 0 Å². The predicted octanol–water partition coefficient (Wildman–Crippen LogP) is 5.05. The second-order valence-corrected chi connectivity index (χ2v) is 5.19. The fourth-order valence-corrected chi connectivity index (χ4v) is 2.44. The van der Waals surface area contributed by atoms with Crippen molar-refractivity contribution in [1.29, 1.82) is 0 Å². The quantitative estimate of drug-likeness (QED) is 0.671. The molecule has 2 nitrogen and oxygen atoms in total. The molecule has 0 aliphatic carbocycles. The van der Waals surface area contributed by atoms with E-state index in [1.807, 2.05) is 12.1 Å². The van der Waals surface area contributed by atoms with Crippen LogP contribution in [0, 0.1) is 0 Å². The minimum absolute atomic E-state index is 0.360. The van der Waals surface area contributed by atoms with Crippen molar-refractivity contribution in [3.63, 3.8) is 0 Å². The maximum absolute atomic E-state index is 6.00. The predicted molar refractivity (Wildman–Crippen MR) is 81.4 cm³/mol. The van der Waals surface area contributed by atoms with Crippen molar-refractivity contribution in [2.45, 2.75) is 52.0 Å². The summed E-state index contributed by atoms with van der Waals surface area (Å²) in [5, 5.41) is 4.82. The molecule has 1 N–H and O–H groups in total. The summed E-state index contributed by atoms with van der Waals surface area (Å²) in [7, 11) is 0. The van der Waals surface area contributed by atoms with Crippen molar-refractivity contribution < 1.29 is 4.42 Å². The van der Waals surface area contributed by atoms with Gasteiger partial charge in [0.15, 0.2) is 0 Å². The van der Waals surface area contributed by atoms with E-state index in [0.29, 0.717) is 6.04 Å². The molecule has 2 rings (SSSR count). The van der Waals surface area contributed by atoms with Crippen molar-refractivity contribution in [2.75, 3.05) is 6.54 Å². The maximum atomic E-state index is 6.00. The van der Waals surface area contributed by atoms with Gasteiger partial charge in [-0.2, -0.15) is 0 Å². The average molecular weight is 259 g/mol. The molecule has 0 spiro atoms. The Hall–Kier alpha value is -1.28. The van der Waals surface area contributed by atoms with Crippen LogP contribution in [0.1, 0.15) is 57.8 Å². The first kappa shape index (κ1) is 14.1. The summed E-state index contributed by atoms with van der Waals surface area (Å²) in [6, 6.07) is 10.8. The SMILES string of the molecule is CCCCCC(NCCC)c1cc2ccccc2o1. The fourth-order valence-electron chi connectivity index (χ4n) is 2.44. The first-order chi connectivity index (χ1) is 9.35. The van der Waals surface area contributed by atoms with Gasteiger partial charge in [-0.1, -0.05) is 51.3 Å². The lowest BCUT2D eigenvalue weighted by Crippen LogP contribution is -2.21. The topological polar surface area (TPSA) is 25.2 Å². The second-order valence-electron chi connectivity index (χ2n) is 5.19. The van der Waals surface area contributed by atoms with Crippen LogP contribution in [-0.4, -0.2) is 6.54 Å². The van der Waals surface area contributed by atoms with Crippen LogP contribution in [0.5, 0.6) is 0 Å². The normalized spacial score (nSPS) is 12.9. The Labute approximate surface area is 116 Å². The molecule has 0 fully saturated rings. The Balaban J connectivity index is 2.10. The number of para-hydroxylation sites is 1. The van der Waals surface area contributed by atoms with Crippen LogP contribution in [0.3, 0.4) is 0 Å². The number of nitrogens with one attached hydrogen (secondary N) is 1. The van der Waals surface area contributed by atoms with Gasteiger partial charge in [0.25, 0.3) is 0 Å². The zero-order valence-corrected chi connectivity index (χ0v) is 12.1. The minimum atomic E-state index is 0.360. The average Bonchev–Trinajstić information content (AvgIpc) is 2.86. The van der Waals surface area contributed by atoms with Crippen molar-refractivity contribution in [2.24, 2.45) is 0 Å². The molecule has 1 aromatic heterocycles. The number of unbranched alkanes of at least 4 members (excludes halogenated alkanes) is 2. The van der Waals surface area contributed by atoms with E-state index in [2.05, 4.69) is 37.4 Å². The van der Waals surface area contributed by atoms with E-state index in [9.17, 15) is 0 Å². The molecule has 1 heterocycles. The number of benzene rings is 1. The Kier molecular flexibility index (Phi) is 5.46. The molecule has 19 heavy (non-hydrogen) atoms. The molecule has 0 radical (unpaired) electrons. The zero-order valence-electron chi connectivity index (χ0n) is 12.1. The van der Waals surface area contributed by atoms with Gasteiger partial charge < -0.3 is 9.73 Å². The van der Waals surface area contributed by atoms with E-state index in [1.165, 1.54) is 24.6 Å². The number of hydrogen-bond acceptors (Lipinski definition) is 2.